The Labute approximate surface area is 102 Å². The zero-order valence-electron chi connectivity index (χ0n) is 12.4. The van der Waals surface area contributed by atoms with Gasteiger partial charge in [0.25, 0.3) is 0 Å². The van der Waals surface area contributed by atoms with E-state index in [4.69, 9.17) is 5.73 Å². The van der Waals surface area contributed by atoms with Crippen LogP contribution >= 0.6 is 0 Å². The van der Waals surface area contributed by atoms with Crippen LogP contribution in [0.15, 0.2) is 0 Å². The van der Waals surface area contributed by atoms with E-state index in [9.17, 15) is 5.11 Å². The van der Waals surface area contributed by atoms with Gasteiger partial charge in [0.2, 0.25) is 0 Å². The Balaban J connectivity index is 5.27. The fourth-order valence-corrected chi connectivity index (χ4v) is 2.92. The molecule has 0 bridgehead atoms. The van der Waals surface area contributed by atoms with Crippen LogP contribution in [-0.4, -0.2) is 16.7 Å². The summed E-state index contributed by atoms with van der Waals surface area (Å²) in [7, 11) is 0. The van der Waals surface area contributed by atoms with E-state index in [1.807, 2.05) is 0 Å². The van der Waals surface area contributed by atoms with Crippen LogP contribution in [0.4, 0.5) is 0 Å². The van der Waals surface area contributed by atoms with Gasteiger partial charge in [0, 0.05) is 6.04 Å². The van der Waals surface area contributed by atoms with E-state index >= 15 is 0 Å². The van der Waals surface area contributed by atoms with Crippen LogP contribution in [0.3, 0.4) is 0 Å². The van der Waals surface area contributed by atoms with Crippen LogP contribution in [0, 0.1) is 16.7 Å². The van der Waals surface area contributed by atoms with E-state index in [1.165, 1.54) is 0 Å². The predicted molar refractivity (Wildman–Crippen MR) is 71.3 cm³/mol. The highest BCUT2D eigenvalue weighted by Gasteiger charge is 2.53. The molecule has 0 saturated carbocycles. The molecule has 0 spiro atoms. The van der Waals surface area contributed by atoms with Gasteiger partial charge in [-0.3, -0.25) is 0 Å². The minimum absolute atomic E-state index is 0.188. The third-order valence-electron chi connectivity index (χ3n) is 3.55. The number of aliphatic hydroxyl groups is 1. The summed E-state index contributed by atoms with van der Waals surface area (Å²) in [4.78, 5) is 0. The molecule has 0 saturated heterocycles. The molecule has 0 rings (SSSR count). The lowest BCUT2D eigenvalue weighted by molar-refractivity contribution is -0.155. The van der Waals surface area contributed by atoms with Crippen molar-refractivity contribution in [1.82, 2.24) is 0 Å². The van der Waals surface area contributed by atoms with Gasteiger partial charge in [-0.15, -0.1) is 0 Å². The number of nitrogens with two attached hydrogens (primary N) is 1. The van der Waals surface area contributed by atoms with Crippen LogP contribution in [0.1, 0.15) is 61.8 Å². The highest BCUT2D eigenvalue weighted by molar-refractivity contribution is 5.05. The van der Waals surface area contributed by atoms with Gasteiger partial charge in [0.1, 0.15) is 0 Å². The van der Waals surface area contributed by atoms with Gasteiger partial charge in [-0.1, -0.05) is 55.4 Å². The molecule has 2 heteroatoms. The third kappa shape index (κ3) is 2.98. The summed E-state index contributed by atoms with van der Waals surface area (Å²) in [6.45, 7) is 16.7. The maximum absolute atomic E-state index is 11.1. The first-order valence-corrected chi connectivity index (χ1v) is 6.32. The Hall–Kier alpha value is -0.0800. The molecule has 98 valence electrons. The second-order valence-corrected chi connectivity index (χ2v) is 7.50. The highest BCUT2D eigenvalue weighted by atomic mass is 16.3. The minimum Gasteiger partial charge on any atom is -0.387 e. The molecule has 1 atom stereocenters. The lowest BCUT2D eigenvalue weighted by atomic mass is 9.58. The molecule has 0 amide bonds. The predicted octanol–water partition coefficient (Wildman–Crippen LogP) is 3.18. The largest absolute Gasteiger partial charge is 0.387 e. The summed E-state index contributed by atoms with van der Waals surface area (Å²) in [6.07, 6.45) is 0.852. The normalized spacial score (nSPS) is 16.7. The molecule has 2 nitrogen and oxygen atoms in total. The molecular weight excluding hydrogens is 198 g/mol. The zero-order valence-corrected chi connectivity index (χ0v) is 12.4. The Morgan fingerprint density at radius 1 is 0.938 bits per heavy atom. The van der Waals surface area contributed by atoms with E-state index < -0.39 is 5.60 Å². The van der Waals surface area contributed by atoms with Crippen molar-refractivity contribution in [2.24, 2.45) is 22.5 Å². The Kier molecular flexibility index (Phi) is 4.63. The van der Waals surface area contributed by atoms with E-state index in [1.54, 1.807) is 0 Å². The smallest absolute Gasteiger partial charge is 0.0893 e. The molecule has 0 heterocycles. The summed E-state index contributed by atoms with van der Waals surface area (Å²) < 4.78 is 0. The minimum atomic E-state index is -0.857. The second kappa shape index (κ2) is 4.66. The molecule has 3 N–H and O–H groups in total. The molecule has 0 unspecified atom stereocenters. The maximum Gasteiger partial charge on any atom is 0.0893 e. The highest BCUT2D eigenvalue weighted by Crippen LogP contribution is 2.46. The van der Waals surface area contributed by atoms with Crippen molar-refractivity contribution < 1.29 is 5.11 Å². The number of hydrogen-bond acceptors (Lipinski definition) is 2. The van der Waals surface area contributed by atoms with Crippen molar-refractivity contribution in [3.05, 3.63) is 0 Å². The Morgan fingerprint density at radius 2 is 1.25 bits per heavy atom. The van der Waals surface area contributed by atoms with Crippen LogP contribution in [-0.2, 0) is 0 Å². The van der Waals surface area contributed by atoms with Gasteiger partial charge in [0.15, 0.2) is 0 Å². The van der Waals surface area contributed by atoms with Gasteiger partial charge in [-0.2, -0.15) is 0 Å². The quantitative estimate of drug-likeness (QED) is 0.781. The van der Waals surface area contributed by atoms with Crippen molar-refractivity contribution in [2.45, 2.75) is 73.5 Å². The first kappa shape index (κ1) is 15.9. The topological polar surface area (TPSA) is 46.2 Å². The van der Waals surface area contributed by atoms with E-state index in [-0.39, 0.29) is 16.9 Å². The van der Waals surface area contributed by atoms with Crippen molar-refractivity contribution >= 4 is 0 Å². The number of rotatable bonds is 3. The molecular formula is C14H31NO. The van der Waals surface area contributed by atoms with Crippen LogP contribution in [0.25, 0.3) is 0 Å². The van der Waals surface area contributed by atoms with E-state index in [0.717, 1.165) is 6.42 Å². The molecule has 0 aromatic heterocycles. The molecule has 0 aromatic carbocycles. The molecule has 0 aliphatic rings. The van der Waals surface area contributed by atoms with Crippen molar-refractivity contribution in [3.8, 4) is 0 Å². The van der Waals surface area contributed by atoms with E-state index in [0.29, 0.717) is 5.92 Å². The van der Waals surface area contributed by atoms with Gasteiger partial charge < -0.3 is 10.8 Å². The van der Waals surface area contributed by atoms with E-state index in [2.05, 4.69) is 55.4 Å². The summed E-state index contributed by atoms with van der Waals surface area (Å²) in [6, 6.07) is -0.188. The second-order valence-electron chi connectivity index (χ2n) is 7.50. The Bertz CT molecular complexity index is 206. The van der Waals surface area contributed by atoms with Gasteiger partial charge in [-0.05, 0) is 23.2 Å². The van der Waals surface area contributed by atoms with Crippen LogP contribution in [0.2, 0.25) is 0 Å². The van der Waals surface area contributed by atoms with Crippen molar-refractivity contribution in [2.75, 3.05) is 0 Å². The Morgan fingerprint density at radius 3 is 1.44 bits per heavy atom. The van der Waals surface area contributed by atoms with Crippen LogP contribution in [0.5, 0.6) is 0 Å². The summed E-state index contributed by atoms with van der Waals surface area (Å²) >= 11 is 0. The summed E-state index contributed by atoms with van der Waals surface area (Å²) in [5, 5.41) is 11.1. The monoisotopic (exact) mass is 229 g/mol. The average molecular weight is 229 g/mol. The lowest BCUT2D eigenvalue weighted by Crippen LogP contribution is -2.64. The third-order valence-corrected chi connectivity index (χ3v) is 3.55. The molecule has 0 fully saturated rings. The maximum atomic E-state index is 11.1. The molecule has 0 radical (unpaired) electrons. The first-order valence-electron chi connectivity index (χ1n) is 6.32. The summed E-state index contributed by atoms with van der Waals surface area (Å²) in [5.41, 5.74) is 4.97. The molecule has 0 aliphatic heterocycles. The fraction of sp³-hybridized carbons (Fsp3) is 1.00. The SMILES string of the molecule is CC(C)C[C@H](N)C(O)(C(C)(C)C)C(C)(C)C. The van der Waals surface area contributed by atoms with Crippen molar-refractivity contribution in [3.63, 3.8) is 0 Å². The van der Waals surface area contributed by atoms with Gasteiger partial charge in [0.05, 0.1) is 5.60 Å². The van der Waals surface area contributed by atoms with Crippen molar-refractivity contribution in [1.29, 1.82) is 0 Å². The molecule has 0 aliphatic carbocycles. The molecule has 0 aromatic rings. The van der Waals surface area contributed by atoms with Gasteiger partial charge >= 0.3 is 0 Å². The number of hydrogen-bond donors (Lipinski definition) is 2. The zero-order chi connectivity index (χ0) is 13.4. The van der Waals surface area contributed by atoms with Crippen LogP contribution < -0.4 is 5.73 Å². The molecule has 16 heavy (non-hydrogen) atoms. The fourth-order valence-electron chi connectivity index (χ4n) is 2.92. The standard InChI is InChI=1S/C14H31NO/c1-10(2)9-11(15)14(16,12(3,4)5)13(6,7)8/h10-11,16H,9,15H2,1-8H3/t11-/m0/s1. The first-order chi connectivity index (χ1) is 6.84. The van der Waals surface area contributed by atoms with Gasteiger partial charge in [-0.25, -0.2) is 0 Å². The summed E-state index contributed by atoms with van der Waals surface area (Å²) in [5.74, 6) is 0.506. The lowest BCUT2D eigenvalue weighted by Gasteiger charge is -2.53. The average Bonchev–Trinajstić information content (AvgIpc) is 1.96.